The second kappa shape index (κ2) is 8.48. The predicted octanol–water partition coefficient (Wildman–Crippen LogP) is 1.36. The molecule has 0 aromatic heterocycles. The maximum atomic E-state index is 12.0. The third-order valence-electron chi connectivity index (χ3n) is 2.61. The summed E-state index contributed by atoms with van der Waals surface area (Å²) in [5.41, 5.74) is 0. The van der Waals surface area contributed by atoms with Gasteiger partial charge in [0.05, 0.1) is 6.04 Å². The van der Waals surface area contributed by atoms with Crippen LogP contribution in [0.25, 0.3) is 0 Å². The highest BCUT2D eigenvalue weighted by Gasteiger charge is 2.21. The SMILES string of the molecule is COCC(C)CNC(CC(C)C)C(=O)N(C)C. The Balaban J connectivity index is 4.24. The Hall–Kier alpha value is -0.610. The molecule has 17 heavy (non-hydrogen) atoms. The number of nitrogens with one attached hydrogen (secondary N) is 1. The summed E-state index contributed by atoms with van der Waals surface area (Å²) in [6.45, 7) is 7.91. The Morgan fingerprint density at radius 2 is 1.88 bits per heavy atom. The van der Waals surface area contributed by atoms with Crippen molar-refractivity contribution in [3.05, 3.63) is 0 Å². The number of hydrogen-bond acceptors (Lipinski definition) is 3. The van der Waals surface area contributed by atoms with E-state index in [0.29, 0.717) is 11.8 Å². The van der Waals surface area contributed by atoms with Crippen LogP contribution in [0.1, 0.15) is 27.2 Å². The molecule has 1 amide bonds. The van der Waals surface area contributed by atoms with Gasteiger partial charge in [-0.05, 0) is 18.3 Å². The quantitative estimate of drug-likeness (QED) is 0.701. The van der Waals surface area contributed by atoms with Gasteiger partial charge in [0.1, 0.15) is 0 Å². The highest BCUT2D eigenvalue weighted by Crippen LogP contribution is 2.07. The molecule has 0 aromatic rings. The Bertz CT molecular complexity index is 217. The average Bonchev–Trinajstić information content (AvgIpc) is 2.23. The Kier molecular flexibility index (Phi) is 8.17. The Labute approximate surface area is 106 Å². The molecule has 4 nitrogen and oxygen atoms in total. The lowest BCUT2D eigenvalue weighted by Crippen LogP contribution is -2.46. The maximum Gasteiger partial charge on any atom is 0.239 e. The van der Waals surface area contributed by atoms with Gasteiger partial charge >= 0.3 is 0 Å². The predicted molar refractivity (Wildman–Crippen MR) is 71.0 cm³/mol. The van der Waals surface area contributed by atoms with Crippen molar-refractivity contribution in [2.45, 2.75) is 33.2 Å². The van der Waals surface area contributed by atoms with E-state index in [1.54, 1.807) is 26.1 Å². The normalized spacial score (nSPS) is 14.8. The lowest BCUT2D eigenvalue weighted by molar-refractivity contribution is -0.131. The van der Waals surface area contributed by atoms with E-state index in [9.17, 15) is 4.79 Å². The summed E-state index contributed by atoms with van der Waals surface area (Å²) in [4.78, 5) is 13.6. The molecule has 1 N–H and O–H groups in total. The van der Waals surface area contributed by atoms with Crippen LogP contribution >= 0.6 is 0 Å². The number of carbonyl (C=O) groups excluding carboxylic acids is 1. The van der Waals surface area contributed by atoms with Gasteiger partial charge in [-0.1, -0.05) is 20.8 Å². The topological polar surface area (TPSA) is 41.6 Å². The monoisotopic (exact) mass is 244 g/mol. The zero-order chi connectivity index (χ0) is 13.4. The molecule has 4 heteroatoms. The first-order chi connectivity index (χ1) is 7.88. The molecular weight excluding hydrogens is 216 g/mol. The number of methoxy groups -OCH3 is 1. The first-order valence-electron chi connectivity index (χ1n) is 6.32. The first kappa shape index (κ1) is 16.4. The zero-order valence-electron chi connectivity index (χ0n) is 12.1. The van der Waals surface area contributed by atoms with Crippen molar-refractivity contribution in [3.8, 4) is 0 Å². The number of likely N-dealkylation sites (N-methyl/N-ethyl adjacent to an activating group) is 1. The van der Waals surface area contributed by atoms with E-state index in [1.165, 1.54) is 0 Å². The molecule has 0 saturated carbocycles. The molecule has 0 heterocycles. The lowest BCUT2D eigenvalue weighted by Gasteiger charge is -2.24. The summed E-state index contributed by atoms with van der Waals surface area (Å²) < 4.78 is 5.09. The number of ether oxygens (including phenoxy) is 1. The van der Waals surface area contributed by atoms with Crippen molar-refractivity contribution in [1.29, 1.82) is 0 Å². The van der Waals surface area contributed by atoms with Gasteiger partial charge < -0.3 is 15.0 Å². The molecule has 102 valence electrons. The van der Waals surface area contributed by atoms with Gasteiger partial charge in [0, 0.05) is 34.4 Å². The van der Waals surface area contributed by atoms with E-state index in [2.05, 4.69) is 26.1 Å². The van der Waals surface area contributed by atoms with Gasteiger partial charge in [-0.15, -0.1) is 0 Å². The molecular formula is C13H28N2O2. The average molecular weight is 244 g/mol. The number of hydrogen-bond donors (Lipinski definition) is 1. The van der Waals surface area contributed by atoms with Gasteiger partial charge in [0.2, 0.25) is 5.91 Å². The van der Waals surface area contributed by atoms with Gasteiger partial charge in [-0.2, -0.15) is 0 Å². The third kappa shape index (κ3) is 7.34. The molecule has 0 aliphatic heterocycles. The van der Waals surface area contributed by atoms with Crippen LogP contribution in [0.4, 0.5) is 0 Å². The van der Waals surface area contributed by atoms with Crippen LogP contribution in [-0.4, -0.2) is 51.2 Å². The molecule has 0 saturated heterocycles. The molecule has 0 aromatic carbocycles. The third-order valence-corrected chi connectivity index (χ3v) is 2.61. The molecule has 0 fully saturated rings. The van der Waals surface area contributed by atoms with E-state index >= 15 is 0 Å². The second-order valence-electron chi connectivity index (χ2n) is 5.38. The fourth-order valence-corrected chi connectivity index (χ4v) is 1.74. The summed E-state index contributed by atoms with van der Waals surface area (Å²) >= 11 is 0. The smallest absolute Gasteiger partial charge is 0.239 e. The first-order valence-corrected chi connectivity index (χ1v) is 6.32. The molecule has 0 bridgehead atoms. The van der Waals surface area contributed by atoms with Crippen molar-refractivity contribution in [1.82, 2.24) is 10.2 Å². The Morgan fingerprint density at radius 1 is 1.29 bits per heavy atom. The van der Waals surface area contributed by atoms with Gasteiger partial charge in [0.15, 0.2) is 0 Å². The van der Waals surface area contributed by atoms with Crippen LogP contribution in [0.5, 0.6) is 0 Å². The van der Waals surface area contributed by atoms with E-state index in [-0.39, 0.29) is 11.9 Å². The minimum absolute atomic E-state index is 0.0793. The number of nitrogens with zero attached hydrogens (tertiary/aromatic N) is 1. The standard InChI is InChI=1S/C13H28N2O2/c1-10(2)7-12(13(16)15(4)5)14-8-11(3)9-17-6/h10-12,14H,7-9H2,1-6H3. The van der Waals surface area contributed by atoms with Crippen LogP contribution in [0.15, 0.2) is 0 Å². The molecule has 0 aliphatic carbocycles. The van der Waals surface area contributed by atoms with Crippen molar-refractivity contribution in [2.75, 3.05) is 34.4 Å². The lowest BCUT2D eigenvalue weighted by atomic mass is 10.0. The van der Waals surface area contributed by atoms with Crippen LogP contribution in [0.3, 0.4) is 0 Å². The molecule has 0 radical (unpaired) electrons. The largest absolute Gasteiger partial charge is 0.384 e. The number of carbonyl (C=O) groups is 1. The number of rotatable bonds is 8. The van der Waals surface area contributed by atoms with E-state index < -0.39 is 0 Å². The van der Waals surface area contributed by atoms with Crippen molar-refractivity contribution >= 4 is 5.91 Å². The molecule has 0 rings (SSSR count). The zero-order valence-corrected chi connectivity index (χ0v) is 12.1. The Morgan fingerprint density at radius 3 is 2.29 bits per heavy atom. The van der Waals surface area contributed by atoms with Gasteiger partial charge in [0.25, 0.3) is 0 Å². The van der Waals surface area contributed by atoms with Crippen molar-refractivity contribution in [3.63, 3.8) is 0 Å². The van der Waals surface area contributed by atoms with Crippen molar-refractivity contribution in [2.24, 2.45) is 11.8 Å². The fourth-order valence-electron chi connectivity index (χ4n) is 1.74. The van der Waals surface area contributed by atoms with Crippen molar-refractivity contribution < 1.29 is 9.53 Å². The van der Waals surface area contributed by atoms with Crippen LogP contribution in [-0.2, 0) is 9.53 Å². The second-order valence-corrected chi connectivity index (χ2v) is 5.38. The molecule has 0 spiro atoms. The van der Waals surface area contributed by atoms with E-state index in [4.69, 9.17) is 4.74 Å². The summed E-state index contributed by atoms with van der Waals surface area (Å²) in [5.74, 6) is 1.09. The molecule has 0 aliphatic rings. The van der Waals surface area contributed by atoms with Crippen LogP contribution in [0, 0.1) is 11.8 Å². The minimum atomic E-state index is -0.0793. The van der Waals surface area contributed by atoms with Crippen LogP contribution in [0.2, 0.25) is 0 Å². The maximum absolute atomic E-state index is 12.0. The summed E-state index contributed by atoms with van der Waals surface area (Å²) in [6, 6.07) is -0.0793. The van der Waals surface area contributed by atoms with Gasteiger partial charge in [-0.25, -0.2) is 0 Å². The highest BCUT2D eigenvalue weighted by molar-refractivity contribution is 5.81. The number of amides is 1. The van der Waals surface area contributed by atoms with E-state index in [1.807, 2.05) is 0 Å². The highest BCUT2D eigenvalue weighted by atomic mass is 16.5. The van der Waals surface area contributed by atoms with E-state index in [0.717, 1.165) is 19.6 Å². The fraction of sp³-hybridized carbons (Fsp3) is 0.923. The van der Waals surface area contributed by atoms with Gasteiger partial charge in [-0.3, -0.25) is 4.79 Å². The van der Waals surface area contributed by atoms with Crippen LogP contribution < -0.4 is 5.32 Å². The minimum Gasteiger partial charge on any atom is -0.384 e. The summed E-state index contributed by atoms with van der Waals surface area (Å²) in [6.07, 6.45) is 0.872. The molecule has 2 unspecified atom stereocenters. The summed E-state index contributed by atoms with van der Waals surface area (Å²) in [7, 11) is 5.30. The summed E-state index contributed by atoms with van der Waals surface area (Å²) in [5, 5.41) is 3.35. The molecule has 2 atom stereocenters.